The first-order valence-electron chi connectivity index (χ1n) is 17.1. The van der Waals surface area contributed by atoms with Gasteiger partial charge in [0.1, 0.15) is 0 Å². The number of nitrogens with zero attached hydrogens (tertiary/aromatic N) is 2. The van der Waals surface area contributed by atoms with Gasteiger partial charge in [0.05, 0.1) is 23.3 Å². The molecule has 0 radical (unpaired) electrons. The molecule has 10 nitrogen and oxygen atoms in total. The summed E-state index contributed by atoms with van der Waals surface area (Å²) in [5, 5.41) is 0. The van der Waals surface area contributed by atoms with Crippen molar-refractivity contribution in [3.05, 3.63) is 119 Å². The number of hydrogen-bond acceptors (Lipinski definition) is 7. The molecule has 0 amide bonds. The van der Waals surface area contributed by atoms with Crippen molar-refractivity contribution in [2.75, 3.05) is 23.0 Å². The monoisotopic (exact) mass is 807 g/mol. The van der Waals surface area contributed by atoms with Crippen LogP contribution in [0.15, 0.2) is 117 Å². The maximum atomic E-state index is 11.4. The molecule has 0 bridgehead atoms. The van der Waals surface area contributed by atoms with Crippen molar-refractivity contribution in [3.8, 4) is 28.0 Å². The third kappa shape index (κ3) is 9.58. The molecule has 0 unspecified atom stereocenters. The van der Waals surface area contributed by atoms with Crippen LogP contribution in [0.3, 0.4) is 0 Å². The minimum absolute atomic E-state index is 0.280. The zero-order valence-corrected chi connectivity index (χ0v) is 31.8. The van der Waals surface area contributed by atoms with Gasteiger partial charge < -0.3 is 14.1 Å². The lowest BCUT2D eigenvalue weighted by atomic mass is 10.0. The normalized spacial score (nSPS) is 14.3. The Labute approximate surface area is 312 Å². The summed E-state index contributed by atoms with van der Waals surface area (Å²) in [4.78, 5) is 2.03. The lowest BCUT2D eigenvalue weighted by Crippen LogP contribution is -2.35. The second-order valence-electron chi connectivity index (χ2n) is 12.6. The fourth-order valence-corrected chi connectivity index (χ4v) is 7.58. The fourth-order valence-electron chi connectivity index (χ4n) is 6.18. The van der Waals surface area contributed by atoms with E-state index in [0.717, 1.165) is 43.5 Å². The molecule has 52 heavy (non-hydrogen) atoms. The summed E-state index contributed by atoms with van der Waals surface area (Å²) in [6.07, 6.45) is 6.08. The van der Waals surface area contributed by atoms with E-state index in [1.807, 2.05) is 107 Å². The van der Waals surface area contributed by atoms with Gasteiger partial charge in [0.2, 0.25) is 11.5 Å². The number of halogens is 1. The maximum Gasteiger partial charge on any atom is 0.374 e. The molecule has 0 saturated heterocycles. The van der Waals surface area contributed by atoms with Crippen LogP contribution in [0.5, 0.6) is 5.75 Å². The molecular weight excluding hydrogens is 768 g/mol. The lowest BCUT2D eigenvalue weighted by Gasteiger charge is -2.19. The quantitative estimate of drug-likeness (QED) is 0.0605. The summed E-state index contributed by atoms with van der Waals surface area (Å²) in [6.45, 7) is 2.94. The fraction of sp³-hybridized carbons (Fsp3) is 0.256. The van der Waals surface area contributed by atoms with Gasteiger partial charge in [-0.2, -0.15) is 21.4 Å². The summed E-state index contributed by atoms with van der Waals surface area (Å²) >= 11 is 3.50. The minimum atomic E-state index is -4.08. The average Bonchev–Trinajstić information content (AvgIpc) is 3.63. The highest BCUT2D eigenvalue weighted by atomic mass is 79.9. The summed E-state index contributed by atoms with van der Waals surface area (Å²) < 4.78 is 80.1. The molecule has 0 aliphatic carbocycles. The van der Waals surface area contributed by atoms with E-state index in [1.165, 1.54) is 0 Å². The molecule has 1 aliphatic rings. The SMILES string of the molecule is CCC(/C=C1\Oc2ccc(-c3ccc(Br)cc3)cc2N1CCCCS(=O)(=O)O)=C\c1oc2ccc(-c3ccccc3)cc2[n+]1CCCCS(=O)(=O)O. The van der Waals surface area contributed by atoms with Crippen molar-refractivity contribution in [1.29, 1.82) is 0 Å². The first-order chi connectivity index (χ1) is 24.9. The predicted octanol–water partition coefficient (Wildman–Crippen LogP) is 8.69. The van der Waals surface area contributed by atoms with Crippen LogP contribution in [0.25, 0.3) is 39.4 Å². The van der Waals surface area contributed by atoms with Gasteiger partial charge in [-0.3, -0.25) is 9.11 Å². The van der Waals surface area contributed by atoms with Crippen molar-refractivity contribution in [2.45, 2.75) is 45.6 Å². The molecule has 0 atom stereocenters. The van der Waals surface area contributed by atoms with E-state index in [1.54, 1.807) is 0 Å². The van der Waals surface area contributed by atoms with E-state index in [-0.39, 0.29) is 24.3 Å². The second kappa shape index (κ2) is 16.2. The number of ether oxygens (including phenoxy) is 1. The predicted molar refractivity (Wildman–Crippen MR) is 207 cm³/mol. The maximum absolute atomic E-state index is 11.4. The number of aryl methyl sites for hydroxylation is 1. The van der Waals surface area contributed by atoms with Crippen LogP contribution in [0.1, 0.15) is 44.9 Å². The second-order valence-corrected chi connectivity index (χ2v) is 16.7. The number of aromatic nitrogens is 1. The van der Waals surface area contributed by atoms with Crippen molar-refractivity contribution in [1.82, 2.24) is 0 Å². The number of oxazole rings is 1. The van der Waals surface area contributed by atoms with Crippen LogP contribution in [0.2, 0.25) is 0 Å². The molecule has 0 spiro atoms. The molecule has 6 rings (SSSR count). The van der Waals surface area contributed by atoms with E-state index < -0.39 is 20.2 Å². The highest BCUT2D eigenvalue weighted by Gasteiger charge is 2.28. The Kier molecular flexibility index (Phi) is 11.7. The van der Waals surface area contributed by atoms with Gasteiger partial charge in [-0.15, -0.1) is 0 Å². The number of unbranched alkanes of at least 4 members (excludes halogenated alkanes) is 2. The Bertz CT molecular complexity index is 2340. The first kappa shape index (κ1) is 37.5. The van der Waals surface area contributed by atoms with E-state index in [9.17, 15) is 25.9 Å². The number of anilines is 1. The van der Waals surface area contributed by atoms with Gasteiger partial charge in [0.15, 0.2) is 12.3 Å². The molecule has 13 heteroatoms. The number of rotatable bonds is 15. The topological polar surface area (TPSA) is 138 Å². The Morgan fingerprint density at radius 3 is 2.12 bits per heavy atom. The van der Waals surface area contributed by atoms with Crippen molar-refractivity contribution in [2.24, 2.45) is 0 Å². The molecule has 4 aromatic carbocycles. The summed E-state index contributed by atoms with van der Waals surface area (Å²) in [5.74, 6) is 1.17. The van der Waals surface area contributed by atoms with Crippen LogP contribution in [-0.4, -0.2) is 44.0 Å². The smallest absolute Gasteiger partial charge is 0.374 e. The zero-order valence-electron chi connectivity index (χ0n) is 28.6. The van der Waals surface area contributed by atoms with Gasteiger partial charge in [0, 0.05) is 29.6 Å². The third-order valence-corrected chi connectivity index (χ3v) is 11.0. The number of fused-ring (bicyclic) bond motifs is 2. The van der Waals surface area contributed by atoms with Crippen LogP contribution < -0.4 is 14.2 Å². The van der Waals surface area contributed by atoms with E-state index in [4.69, 9.17) is 9.15 Å². The van der Waals surface area contributed by atoms with Crippen molar-refractivity contribution >= 4 is 59.0 Å². The standard InChI is InChI=1S/C39H39BrN2O8S2/c1-2-28(24-38-41(20-6-8-22-51(43,44)45)34-26-31(14-18-36(34)49-38)29-10-4-3-5-11-29)25-39-42(21-7-9-23-52(46,47)48)35-27-32(15-19-37(35)50-39)30-12-16-33(40)17-13-30/h3-5,10-19,24-27H,2,6-9,20-23H2,1H3,(H-,43,44,45,46,47,48)/p+1. The third-order valence-electron chi connectivity index (χ3n) is 8.84. The Morgan fingerprint density at radius 1 is 0.788 bits per heavy atom. The Balaban J connectivity index is 1.36. The van der Waals surface area contributed by atoms with Crippen LogP contribution in [0, 0.1) is 0 Å². The highest BCUT2D eigenvalue weighted by molar-refractivity contribution is 9.10. The number of hydrogen-bond donors (Lipinski definition) is 2. The number of benzene rings is 4. The van der Waals surface area contributed by atoms with Crippen molar-refractivity contribution in [3.63, 3.8) is 0 Å². The van der Waals surface area contributed by atoms with E-state index in [0.29, 0.717) is 55.5 Å². The molecule has 1 aromatic heterocycles. The minimum Gasteiger partial charge on any atom is -0.439 e. The molecule has 5 aromatic rings. The summed E-state index contributed by atoms with van der Waals surface area (Å²) in [6, 6.07) is 30.0. The van der Waals surface area contributed by atoms with Gasteiger partial charge in [-0.05, 0) is 83.8 Å². The van der Waals surface area contributed by atoms with Gasteiger partial charge >= 0.3 is 5.89 Å². The summed E-state index contributed by atoms with van der Waals surface area (Å²) in [5.41, 5.74) is 7.37. The average molecular weight is 809 g/mol. The molecular formula is C39H40BrN2O8S2+. The lowest BCUT2D eigenvalue weighted by molar-refractivity contribution is -0.678. The van der Waals surface area contributed by atoms with Crippen LogP contribution >= 0.6 is 15.9 Å². The molecule has 2 heterocycles. The van der Waals surface area contributed by atoms with Crippen LogP contribution in [-0.2, 0) is 26.8 Å². The molecule has 1 aliphatic heterocycles. The molecule has 0 fully saturated rings. The first-order valence-corrected chi connectivity index (χ1v) is 21.1. The van der Waals surface area contributed by atoms with Gasteiger partial charge in [0.25, 0.3) is 25.8 Å². The van der Waals surface area contributed by atoms with Gasteiger partial charge in [-0.1, -0.05) is 77.5 Å². The highest BCUT2D eigenvalue weighted by Crippen LogP contribution is 2.42. The zero-order chi connectivity index (χ0) is 36.9. The number of allylic oxidation sites excluding steroid dienone is 2. The van der Waals surface area contributed by atoms with E-state index >= 15 is 0 Å². The largest absolute Gasteiger partial charge is 0.439 e. The van der Waals surface area contributed by atoms with Crippen LogP contribution in [0.4, 0.5) is 5.69 Å². The van der Waals surface area contributed by atoms with E-state index in [2.05, 4.69) is 28.1 Å². The van der Waals surface area contributed by atoms with Gasteiger partial charge in [-0.25, -0.2) is 0 Å². The Morgan fingerprint density at radius 2 is 1.42 bits per heavy atom. The molecule has 2 N–H and O–H groups in total. The Hall–Kier alpha value is -4.27. The molecule has 0 saturated carbocycles. The van der Waals surface area contributed by atoms with Crippen molar-refractivity contribution < 1.29 is 39.7 Å². The molecule has 272 valence electrons. The summed E-state index contributed by atoms with van der Waals surface area (Å²) in [7, 11) is -8.16.